The van der Waals surface area contributed by atoms with Crippen LogP contribution in [0.4, 0.5) is 0 Å². The predicted molar refractivity (Wildman–Crippen MR) is 41.8 cm³/mol. The van der Waals surface area contributed by atoms with E-state index in [4.69, 9.17) is 0 Å². The molecule has 0 aliphatic heterocycles. The lowest BCUT2D eigenvalue weighted by Crippen LogP contribution is -2.03. The highest BCUT2D eigenvalue weighted by atomic mass is 15.5. The van der Waals surface area contributed by atoms with Crippen LogP contribution in [0, 0.1) is 0 Å². The first-order chi connectivity index (χ1) is 4.80. The Bertz CT molecular complexity index is 144. The van der Waals surface area contributed by atoms with Crippen molar-refractivity contribution in [1.82, 2.24) is 15.0 Å². The minimum atomic E-state index is 0.380. The fourth-order valence-electron chi connectivity index (χ4n) is 0.493. The predicted octanol–water partition coefficient (Wildman–Crippen LogP) is 1.89. The first-order valence-corrected chi connectivity index (χ1v) is 3.66. The lowest BCUT2D eigenvalue weighted by Gasteiger charge is -1.99. The lowest BCUT2D eigenvalue weighted by atomic mass is 10.4. The molecule has 1 aromatic heterocycles. The van der Waals surface area contributed by atoms with Crippen molar-refractivity contribution in [1.29, 1.82) is 0 Å². The first kappa shape index (κ1) is 9.14. The van der Waals surface area contributed by atoms with E-state index < -0.39 is 0 Å². The molecule has 3 nitrogen and oxygen atoms in total. The van der Waals surface area contributed by atoms with E-state index >= 15 is 0 Å². The molecule has 0 spiro atoms. The second-order valence-corrected chi connectivity index (χ2v) is 1.94. The van der Waals surface area contributed by atoms with Crippen molar-refractivity contribution in [2.75, 3.05) is 0 Å². The van der Waals surface area contributed by atoms with E-state index in [0.29, 0.717) is 6.04 Å². The third-order valence-electron chi connectivity index (χ3n) is 0.898. The van der Waals surface area contributed by atoms with Crippen LogP contribution >= 0.6 is 0 Å². The van der Waals surface area contributed by atoms with Crippen LogP contribution in [0.3, 0.4) is 0 Å². The molecule has 1 heterocycles. The summed E-state index contributed by atoms with van der Waals surface area (Å²) in [5, 5.41) is 7.84. The summed E-state index contributed by atoms with van der Waals surface area (Å²) in [6, 6.07) is 0.380. The molecule has 0 aromatic carbocycles. The third-order valence-corrected chi connectivity index (χ3v) is 0.898. The number of hydrogen-bond acceptors (Lipinski definition) is 2. The normalized spacial score (nSPS) is 8.90. The molecule has 0 bridgehead atoms. The molecule has 0 radical (unpaired) electrons. The van der Waals surface area contributed by atoms with E-state index in [1.165, 1.54) is 0 Å². The van der Waals surface area contributed by atoms with Crippen LogP contribution in [0.15, 0.2) is 12.4 Å². The molecule has 0 saturated carbocycles. The monoisotopic (exact) mass is 141 g/mol. The Hall–Kier alpha value is -0.860. The molecule has 0 saturated heterocycles. The topological polar surface area (TPSA) is 30.7 Å². The summed E-state index contributed by atoms with van der Waals surface area (Å²) >= 11 is 0. The van der Waals surface area contributed by atoms with Gasteiger partial charge in [-0.25, -0.2) is 0 Å². The molecule has 10 heavy (non-hydrogen) atoms. The molecule has 0 unspecified atom stereocenters. The summed E-state index contributed by atoms with van der Waals surface area (Å²) in [7, 11) is 0. The van der Waals surface area contributed by atoms with Crippen LogP contribution in [-0.4, -0.2) is 15.0 Å². The van der Waals surface area contributed by atoms with Gasteiger partial charge in [-0.1, -0.05) is 13.8 Å². The van der Waals surface area contributed by atoms with Gasteiger partial charge in [-0.3, -0.25) is 0 Å². The molecular weight excluding hydrogens is 126 g/mol. The Morgan fingerprint density at radius 1 is 1.10 bits per heavy atom. The molecule has 0 fully saturated rings. The van der Waals surface area contributed by atoms with E-state index in [9.17, 15) is 0 Å². The van der Waals surface area contributed by atoms with E-state index in [2.05, 4.69) is 10.2 Å². The molecule has 1 aromatic rings. The standard InChI is InChI=1S/C5H9N3.C2H6/c1-5(2)8-6-3-4-7-8;1-2/h3-5H,1-2H3;1-2H3. The highest BCUT2D eigenvalue weighted by molar-refractivity contribution is 4.61. The van der Waals surface area contributed by atoms with Crippen molar-refractivity contribution in [3.63, 3.8) is 0 Å². The quantitative estimate of drug-likeness (QED) is 0.598. The van der Waals surface area contributed by atoms with Crippen molar-refractivity contribution in [3.05, 3.63) is 12.4 Å². The Labute approximate surface area is 62.1 Å². The van der Waals surface area contributed by atoms with Crippen LogP contribution in [0.5, 0.6) is 0 Å². The fraction of sp³-hybridized carbons (Fsp3) is 0.714. The van der Waals surface area contributed by atoms with Crippen molar-refractivity contribution in [3.8, 4) is 0 Å². The van der Waals surface area contributed by atoms with Gasteiger partial charge in [-0.15, -0.1) is 0 Å². The van der Waals surface area contributed by atoms with E-state index in [0.717, 1.165) is 0 Å². The second-order valence-electron chi connectivity index (χ2n) is 1.94. The molecule has 3 heteroatoms. The highest BCUT2D eigenvalue weighted by Crippen LogP contribution is 1.94. The van der Waals surface area contributed by atoms with Crippen LogP contribution in [-0.2, 0) is 0 Å². The van der Waals surface area contributed by atoms with Crippen molar-refractivity contribution < 1.29 is 0 Å². The van der Waals surface area contributed by atoms with Crippen molar-refractivity contribution in [2.24, 2.45) is 0 Å². The summed E-state index contributed by atoms with van der Waals surface area (Å²) in [6.45, 7) is 8.08. The van der Waals surface area contributed by atoms with Gasteiger partial charge in [0.15, 0.2) is 0 Å². The van der Waals surface area contributed by atoms with Crippen LogP contribution in [0.2, 0.25) is 0 Å². The van der Waals surface area contributed by atoms with E-state index in [1.807, 2.05) is 27.7 Å². The van der Waals surface area contributed by atoms with Crippen LogP contribution in [0.1, 0.15) is 33.7 Å². The zero-order valence-electron chi connectivity index (χ0n) is 7.07. The molecule has 0 aliphatic carbocycles. The Kier molecular flexibility index (Phi) is 4.54. The Morgan fingerprint density at radius 3 is 1.70 bits per heavy atom. The number of nitrogens with zero attached hydrogens (tertiary/aromatic N) is 3. The molecule has 0 N–H and O–H groups in total. The molecule has 58 valence electrons. The van der Waals surface area contributed by atoms with Gasteiger partial charge >= 0.3 is 0 Å². The molecule has 0 amide bonds. The maximum Gasteiger partial charge on any atom is 0.0693 e. The van der Waals surface area contributed by atoms with Gasteiger partial charge in [0.05, 0.1) is 18.4 Å². The van der Waals surface area contributed by atoms with Crippen LogP contribution in [0.25, 0.3) is 0 Å². The summed E-state index contributed by atoms with van der Waals surface area (Å²) in [6.07, 6.45) is 3.36. The number of hydrogen-bond donors (Lipinski definition) is 0. The number of rotatable bonds is 1. The smallest absolute Gasteiger partial charge is 0.0693 e. The van der Waals surface area contributed by atoms with Crippen molar-refractivity contribution in [2.45, 2.75) is 33.7 Å². The van der Waals surface area contributed by atoms with Gasteiger partial charge in [0, 0.05) is 0 Å². The van der Waals surface area contributed by atoms with Gasteiger partial charge in [0.2, 0.25) is 0 Å². The van der Waals surface area contributed by atoms with Gasteiger partial charge in [0.1, 0.15) is 0 Å². The van der Waals surface area contributed by atoms with Gasteiger partial charge < -0.3 is 0 Å². The molecule has 0 aliphatic rings. The van der Waals surface area contributed by atoms with E-state index in [-0.39, 0.29) is 0 Å². The summed E-state index contributed by atoms with van der Waals surface area (Å²) < 4.78 is 0. The maximum atomic E-state index is 3.92. The summed E-state index contributed by atoms with van der Waals surface area (Å²) in [5.41, 5.74) is 0. The first-order valence-electron chi connectivity index (χ1n) is 3.66. The average molecular weight is 141 g/mol. The zero-order chi connectivity index (χ0) is 7.98. The maximum absolute atomic E-state index is 3.92. The average Bonchev–Trinajstić information content (AvgIpc) is 2.42. The minimum Gasteiger partial charge on any atom is -0.182 e. The lowest BCUT2D eigenvalue weighted by molar-refractivity contribution is 0.466. The van der Waals surface area contributed by atoms with Gasteiger partial charge in [-0.05, 0) is 13.8 Å². The fourth-order valence-corrected chi connectivity index (χ4v) is 0.493. The Morgan fingerprint density at radius 2 is 1.50 bits per heavy atom. The second kappa shape index (κ2) is 4.97. The largest absolute Gasteiger partial charge is 0.182 e. The molecular formula is C7H15N3. The van der Waals surface area contributed by atoms with Gasteiger partial charge in [0.25, 0.3) is 0 Å². The highest BCUT2D eigenvalue weighted by Gasteiger charge is 1.93. The summed E-state index contributed by atoms with van der Waals surface area (Å²) in [5.74, 6) is 0. The Balaban J connectivity index is 0.000000371. The van der Waals surface area contributed by atoms with E-state index in [1.54, 1.807) is 17.2 Å². The van der Waals surface area contributed by atoms with Crippen molar-refractivity contribution >= 4 is 0 Å². The SMILES string of the molecule is CC.CC(C)n1nccn1. The number of aromatic nitrogens is 3. The zero-order valence-corrected chi connectivity index (χ0v) is 7.07. The minimum absolute atomic E-state index is 0.380. The molecule has 0 atom stereocenters. The van der Waals surface area contributed by atoms with Gasteiger partial charge in [-0.2, -0.15) is 15.0 Å². The molecule has 1 rings (SSSR count). The van der Waals surface area contributed by atoms with Crippen LogP contribution < -0.4 is 0 Å². The third kappa shape index (κ3) is 2.62. The summed E-state index contributed by atoms with van der Waals surface area (Å²) in [4.78, 5) is 1.67.